The van der Waals surface area contributed by atoms with Crippen LogP contribution in [0.1, 0.15) is 37.4 Å². The number of benzene rings is 1. The monoisotopic (exact) mass is 219 g/mol. The molecule has 0 spiro atoms. The van der Waals surface area contributed by atoms with E-state index >= 15 is 0 Å². The molecular weight excluding hydrogens is 198 g/mol. The summed E-state index contributed by atoms with van der Waals surface area (Å²) in [5, 5.41) is 3.62. The van der Waals surface area contributed by atoms with E-state index in [1.54, 1.807) is 7.11 Å². The predicted octanol–water partition coefficient (Wildman–Crippen LogP) is 2.93. The van der Waals surface area contributed by atoms with Crippen LogP contribution in [0.4, 0.5) is 0 Å². The fourth-order valence-electron chi connectivity index (χ4n) is 2.43. The molecule has 2 atom stereocenters. The fourth-order valence-corrected chi connectivity index (χ4v) is 2.43. The second-order valence-electron chi connectivity index (χ2n) is 4.63. The quantitative estimate of drug-likeness (QED) is 0.844. The first-order valence-electron chi connectivity index (χ1n) is 6.16. The van der Waals surface area contributed by atoms with Gasteiger partial charge in [0.1, 0.15) is 5.75 Å². The number of fused-ring (bicyclic) bond motifs is 1. The first-order chi connectivity index (χ1) is 7.76. The molecule has 2 unspecified atom stereocenters. The number of nitrogens with one attached hydrogen (secondary N) is 1. The Kier molecular flexibility index (Phi) is 3.49. The maximum Gasteiger partial charge on any atom is 0.119 e. The Morgan fingerprint density at radius 1 is 1.50 bits per heavy atom. The highest BCUT2D eigenvalue weighted by atomic mass is 16.5. The van der Waals surface area contributed by atoms with E-state index < -0.39 is 0 Å². The lowest BCUT2D eigenvalue weighted by Gasteiger charge is -2.31. The highest BCUT2D eigenvalue weighted by molar-refractivity contribution is 5.39. The molecule has 1 aliphatic rings. The summed E-state index contributed by atoms with van der Waals surface area (Å²) in [6, 6.07) is 6.96. The molecule has 1 aromatic carbocycles. The Morgan fingerprint density at radius 2 is 2.31 bits per heavy atom. The molecule has 0 radical (unpaired) electrons. The van der Waals surface area contributed by atoms with Gasteiger partial charge in [0.25, 0.3) is 0 Å². The van der Waals surface area contributed by atoms with Crippen LogP contribution < -0.4 is 10.1 Å². The maximum absolute atomic E-state index is 5.31. The SMILES string of the molecule is CCC(C)C1NCCc2ccc(OC)cc21. The van der Waals surface area contributed by atoms with Crippen LogP contribution in [0.2, 0.25) is 0 Å². The van der Waals surface area contributed by atoms with Gasteiger partial charge in [-0.25, -0.2) is 0 Å². The van der Waals surface area contributed by atoms with E-state index in [9.17, 15) is 0 Å². The van der Waals surface area contributed by atoms with Gasteiger partial charge < -0.3 is 10.1 Å². The molecule has 2 heteroatoms. The van der Waals surface area contributed by atoms with E-state index in [1.165, 1.54) is 17.5 Å². The van der Waals surface area contributed by atoms with Crippen molar-refractivity contribution in [3.63, 3.8) is 0 Å². The van der Waals surface area contributed by atoms with Gasteiger partial charge in [-0.05, 0) is 42.1 Å². The van der Waals surface area contributed by atoms with E-state index in [2.05, 4.69) is 37.4 Å². The molecule has 2 nitrogen and oxygen atoms in total. The molecule has 0 amide bonds. The molecule has 1 aromatic rings. The summed E-state index contributed by atoms with van der Waals surface area (Å²) in [5.74, 6) is 1.64. The minimum Gasteiger partial charge on any atom is -0.497 e. The van der Waals surface area contributed by atoms with Crippen molar-refractivity contribution in [2.45, 2.75) is 32.7 Å². The van der Waals surface area contributed by atoms with Crippen molar-refractivity contribution in [2.24, 2.45) is 5.92 Å². The van der Waals surface area contributed by atoms with Gasteiger partial charge in [-0.15, -0.1) is 0 Å². The average molecular weight is 219 g/mol. The van der Waals surface area contributed by atoms with Gasteiger partial charge in [-0.3, -0.25) is 0 Å². The van der Waals surface area contributed by atoms with Crippen LogP contribution >= 0.6 is 0 Å². The van der Waals surface area contributed by atoms with Crippen LogP contribution in [0.5, 0.6) is 5.75 Å². The lowest BCUT2D eigenvalue weighted by atomic mass is 9.86. The third kappa shape index (κ3) is 2.07. The van der Waals surface area contributed by atoms with Gasteiger partial charge in [0, 0.05) is 6.04 Å². The Morgan fingerprint density at radius 3 is 3.00 bits per heavy atom. The number of rotatable bonds is 3. The van der Waals surface area contributed by atoms with E-state index in [0.717, 1.165) is 18.7 Å². The van der Waals surface area contributed by atoms with E-state index in [4.69, 9.17) is 4.74 Å². The molecule has 0 bridgehead atoms. The minimum atomic E-state index is 0.490. The number of ether oxygens (including phenoxy) is 1. The number of hydrogen-bond donors (Lipinski definition) is 1. The van der Waals surface area contributed by atoms with Gasteiger partial charge in [0.05, 0.1) is 7.11 Å². The molecule has 2 rings (SSSR count). The van der Waals surface area contributed by atoms with E-state index in [-0.39, 0.29) is 0 Å². The average Bonchev–Trinajstić information content (AvgIpc) is 2.36. The third-order valence-electron chi connectivity index (χ3n) is 3.66. The summed E-state index contributed by atoms with van der Waals surface area (Å²) in [6.45, 7) is 5.65. The van der Waals surface area contributed by atoms with Crippen LogP contribution in [0, 0.1) is 5.92 Å². The standard InChI is InChI=1S/C14H21NO/c1-4-10(2)14-13-9-12(16-3)6-5-11(13)7-8-15-14/h5-6,9-10,14-15H,4,7-8H2,1-3H3. The molecule has 0 fully saturated rings. The van der Waals surface area contributed by atoms with Crippen molar-refractivity contribution in [1.82, 2.24) is 5.32 Å². The topological polar surface area (TPSA) is 21.3 Å². The Balaban J connectivity index is 2.35. The van der Waals surface area contributed by atoms with Crippen LogP contribution in [0.15, 0.2) is 18.2 Å². The summed E-state index contributed by atoms with van der Waals surface area (Å²) in [7, 11) is 1.73. The van der Waals surface area contributed by atoms with Gasteiger partial charge in [0.2, 0.25) is 0 Å². The van der Waals surface area contributed by atoms with Crippen LogP contribution in [-0.2, 0) is 6.42 Å². The summed E-state index contributed by atoms with van der Waals surface area (Å²) in [5.41, 5.74) is 2.91. The van der Waals surface area contributed by atoms with Crippen molar-refractivity contribution >= 4 is 0 Å². The van der Waals surface area contributed by atoms with Crippen molar-refractivity contribution in [2.75, 3.05) is 13.7 Å². The van der Waals surface area contributed by atoms with E-state index in [0.29, 0.717) is 12.0 Å². The summed E-state index contributed by atoms with van der Waals surface area (Å²) in [4.78, 5) is 0. The zero-order valence-electron chi connectivity index (χ0n) is 10.4. The van der Waals surface area contributed by atoms with Crippen LogP contribution in [-0.4, -0.2) is 13.7 Å². The second kappa shape index (κ2) is 4.88. The zero-order chi connectivity index (χ0) is 11.5. The Hall–Kier alpha value is -1.02. The third-order valence-corrected chi connectivity index (χ3v) is 3.66. The van der Waals surface area contributed by atoms with Crippen LogP contribution in [0.25, 0.3) is 0 Å². The van der Waals surface area contributed by atoms with E-state index in [1.807, 2.05) is 0 Å². The van der Waals surface area contributed by atoms with Crippen molar-refractivity contribution in [3.05, 3.63) is 29.3 Å². The van der Waals surface area contributed by atoms with Gasteiger partial charge in [-0.1, -0.05) is 26.3 Å². The fraction of sp³-hybridized carbons (Fsp3) is 0.571. The molecule has 1 aliphatic heterocycles. The minimum absolute atomic E-state index is 0.490. The molecule has 1 heterocycles. The maximum atomic E-state index is 5.31. The van der Waals surface area contributed by atoms with Crippen molar-refractivity contribution in [3.8, 4) is 5.75 Å². The predicted molar refractivity (Wildman–Crippen MR) is 66.9 cm³/mol. The summed E-state index contributed by atoms with van der Waals surface area (Å²) in [6.07, 6.45) is 2.33. The molecule has 0 aliphatic carbocycles. The highest BCUT2D eigenvalue weighted by Gasteiger charge is 2.24. The molecule has 0 saturated heterocycles. The molecule has 0 saturated carbocycles. The molecule has 0 aromatic heterocycles. The van der Waals surface area contributed by atoms with Crippen molar-refractivity contribution in [1.29, 1.82) is 0 Å². The molecule has 16 heavy (non-hydrogen) atoms. The molecule has 88 valence electrons. The first-order valence-corrected chi connectivity index (χ1v) is 6.16. The lowest BCUT2D eigenvalue weighted by Crippen LogP contribution is -2.33. The summed E-state index contributed by atoms with van der Waals surface area (Å²) >= 11 is 0. The number of hydrogen-bond acceptors (Lipinski definition) is 2. The van der Waals surface area contributed by atoms with Crippen LogP contribution in [0.3, 0.4) is 0 Å². The van der Waals surface area contributed by atoms with Gasteiger partial charge in [-0.2, -0.15) is 0 Å². The smallest absolute Gasteiger partial charge is 0.119 e. The molecule has 1 N–H and O–H groups in total. The Bertz CT molecular complexity index is 362. The zero-order valence-corrected chi connectivity index (χ0v) is 10.4. The molecular formula is C14H21NO. The second-order valence-corrected chi connectivity index (χ2v) is 4.63. The lowest BCUT2D eigenvalue weighted by molar-refractivity contribution is 0.358. The largest absolute Gasteiger partial charge is 0.497 e. The van der Waals surface area contributed by atoms with Crippen molar-refractivity contribution < 1.29 is 4.74 Å². The Labute approximate surface area is 98.0 Å². The first kappa shape index (κ1) is 11.5. The normalized spacial score (nSPS) is 21.3. The highest BCUT2D eigenvalue weighted by Crippen LogP contribution is 2.32. The van der Waals surface area contributed by atoms with Gasteiger partial charge in [0.15, 0.2) is 0 Å². The summed E-state index contributed by atoms with van der Waals surface area (Å²) < 4.78 is 5.31. The number of methoxy groups -OCH3 is 1. The van der Waals surface area contributed by atoms with Gasteiger partial charge >= 0.3 is 0 Å².